The lowest BCUT2D eigenvalue weighted by atomic mass is 10.1. The van der Waals surface area contributed by atoms with Gasteiger partial charge in [-0.1, -0.05) is 0 Å². The van der Waals surface area contributed by atoms with Crippen molar-refractivity contribution in [2.75, 3.05) is 6.54 Å². The predicted octanol–water partition coefficient (Wildman–Crippen LogP) is 0.122. The maximum atomic E-state index is 11.6. The summed E-state index contributed by atoms with van der Waals surface area (Å²) in [6, 6.07) is -1.07. The minimum atomic E-state index is -1.16. The van der Waals surface area contributed by atoms with Crippen LogP contribution in [0.5, 0.6) is 0 Å². The molecule has 0 unspecified atom stereocenters. The minimum absolute atomic E-state index is 0.186. The molecule has 0 fully saturated rings. The average Bonchev–Trinajstić information content (AvgIpc) is 2.33. The van der Waals surface area contributed by atoms with Gasteiger partial charge in [0.2, 0.25) is 0 Å². The van der Waals surface area contributed by atoms with Crippen LogP contribution < -0.4 is 16.5 Å². The minimum Gasteiger partial charge on any atom is -0.480 e. The molecule has 0 aliphatic rings. The van der Waals surface area contributed by atoms with Crippen LogP contribution in [-0.2, 0) is 9.53 Å². The lowest BCUT2D eigenvalue weighted by Crippen LogP contribution is -2.43. The lowest BCUT2D eigenvalue weighted by molar-refractivity contribution is -0.822. The summed E-state index contributed by atoms with van der Waals surface area (Å²) in [5, 5.41) is 19.1. The van der Waals surface area contributed by atoms with Gasteiger partial charge in [0, 0.05) is 6.54 Å². The Bertz CT molecular complexity index is 459. The molecule has 0 spiro atoms. The maximum Gasteiger partial charge on any atom is 0.408 e. The number of carbonyl (C=O) groups is 2. The van der Waals surface area contributed by atoms with Crippen molar-refractivity contribution in [2.24, 2.45) is 10.7 Å². The number of hydrogen-bond acceptors (Lipinski definition) is 5. The quantitative estimate of drug-likeness (QED) is 0.181. The van der Waals surface area contributed by atoms with Crippen molar-refractivity contribution in [3.05, 3.63) is 4.91 Å². The summed E-state index contributed by atoms with van der Waals surface area (Å²) in [6.07, 6.45) is 0.316. The first-order valence-corrected chi connectivity index (χ1v) is 6.96. The van der Waals surface area contributed by atoms with E-state index >= 15 is 0 Å². The monoisotopic (exact) mass is 334 g/mol. The van der Waals surface area contributed by atoms with Gasteiger partial charge in [0.1, 0.15) is 16.5 Å². The Hall–Kier alpha value is -2.59. The van der Waals surface area contributed by atoms with E-state index in [-0.39, 0.29) is 18.9 Å². The molecule has 0 aliphatic carbocycles. The van der Waals surface area contributed by atoms with Gasteiger partial charge in [-0.15, -0.1) is 0 Å². The highest BCUT2D eigenvalue weighted by Crippen LogP contribution is 2.08. The number of hydrogen-bond donors (Lipinski definition) is 5. The summed E-state index contributed by atoms with van der Waals surface area (Å²) in [5.74, 6) is -1.42. The maximum absolute atomic E-state index is 11.6. The van der Waals surface area contributed by atoms with Crippen molar-refractivity contribution in [1.82, 2.24) is 10.7 Å². The molecule has 11 heteroatoms. The molecule has 23 heavy (non-hydrogen) atoms. The highest BCUT2D eigenvalue weighted by Gasteiger charge is 2.23. The summed E-state index contributed by atoms with van der Waals surface area (Å²) in [5.41, 5.74) is 6.35. The number of rotatable bonds is 8. The Morgan fingerprint density at radius 3 is 2.43 bits per heavy atom. The SMILES string of the molecule is CC(C)(C)OC(=O)N[C@@H](CCCCN=C(N)N[N+](=O)O)C(=O)O. The van der Waals surface area contributed by atoms with Crippen LogP contribution in [0.2, 0.25) is 0 Å². The molecule has 0 rings (SSSR count). The molecule has 6 N–H and O–H groups in total. The van der Waals surface area contributed by atoms with E-state index in [2.05, 4.69) is 10.3 Å². The second-order valence-electron chi connectivity index (χ2n) is 5.68. The number of aliphatic carboxylic acids is 1. The zero-order valence-corrected chi connectivity index (χ0v) is 13.4. The molecule has 0 saturated heterocycles. The van der Waals surface area contributed by atoms with E-state index in [0.717, 1.165) is 0 Å². The first kappa shape index (κ1) is 20.4. The Morgan fingerprint density at radius 2 is 1.96 bits per heavy atom. The predicted molar refractivity (Wildman–Crippen MR) is 79.7 cm³/mol. The molecule has 1 amide bonds. The van der Waals surface area contributed by atoms with Crippen molar-refractivity contribution in [2.45, 2.75) is 51.7 Å². The smallest absolute Gasteiger partial charge is 0.408 e. The van der Waals surface area contributed by atoms with E-state index in [9.17, 15) is 14.5 Å². The zero-order valence-electron chi connectivity index (χ0n) is 13.4. The number of aliphatic imine (C=N–C) groups is 1. The number of alkyl carbamates (subject to hydrolysis) is 1. The molecule has 0 aromatic carbocycles. The average molecular weight is 334 g/mol. The molecule has 0 aromatic heterocycles. The lowest BCUT2D eigenvalue weighted by Gasteiger charge is -2.21. The fourth-order valence-corrected chi connectivity index (χ4v) is 1.50. The van der Waals surface area contributed by atoms with Crippen LogP contribution in [-0.4, -0.2) is 51.6 Å². The van der Waals surface area contributed by atoms with Crippen LogP contribution in [0.15, 0.2) is 4.99 Å². The summed E-state index contributed by atoms with van der Waals surface area (Å²) in [6.45, 7) is 5.25. The number of ether oxygens (including phenoxy) is 1. The summed E-state index contributed by atoms with van der Waals surface area (Å²) in [7, 11) is 0. The third-order valence-electron chi connectivity index (χ3n) is 2.38. The van der Waals surface area contributed by atoms with E-state index in [1.807, 2.05) is 0 Å². The van der Waals surface area contributed by atoms with Gasteiger partial charge < -0.3 is 20.9 Å². The molecular weight excluding hydrogens is 310 g/mol. The van der Waals surface area contributed by atoms with Crippen LogP contribution >= 0.6 is 0 Å². The summed E-state index contributed by atoms with van der Waals surface area (Å²) >= 11 is 0. The molecule has 0 saturated carbocycles. The van der Waals surface area contributed by atoms with E-state index in [1.165, 1.54) is 0 Å². The van der Waals surface area contributed by atoms with Gasteiger partial charge in [-0.05, 0) is 45.5 Å². The van der Waals surface area contributed by atoms with E-state index < -0.39 is 28.7 Å². The molecule has 0 aliphatic heterocycles. The first-order chi connectivity index (χ1) is 10.5. The van der Waals surface area contributed by atoms with Gasteiger partial charge in [-0.25, -0.2) is 19.8 Å². The van der Waals surface area contributed by atoms with Crippen LogP contribution in [0.25, 0.3) is 0 Å². The van der Waals surface area contributed by atoms with Crippen LogP contribution in [0.4, 0.5) is 4.79 Å². The Kier molecular flexibility index (Phi) is 8.37. The first-order valence-electron chi connectivity index (χ1n) is 6.96. The number of unbranched alkanes of at least 4 members (excludes halogenated alkanes) is 1. The molecule has 1 atom stereocenters. The summed E-state index contributed by atoms with van der Waals surface area (Å²) in [4.78, 5) is 36.6. The molecular formula is C12H24N5O6+. The fraction of sp³-hybridized carbons (Fsp3) is 0.750. The van der Waals surface area contributed by atoms with Gasteiger partial charge in [0.25, 0.3) is 5.96 Å². The molecule has 132 valence electrons. The standard InChI is InChI=1S/C12H23N5O6/c1-12(2,3)23-11(20)15-8(9(18)19)6-4-5-7-14-10(13)16-17(21)22/h8H,4-7H2,1-3H3,(H5-,13,14,15,16,18,19,20,21,22)/p+1/t8-/m0/s1. The van der Waals surface area contributed by atoms with E-state index in [4.69, 9.17) is 20.8 Å². The second kappa shape index (κ2) is 9.43. The van der Waals surface area contributed by atoms with Gasteiger partial charge in [-0.3, -0.25) is 0 Å². The van der Waals surface area contributed by atoms with E-state index in [1.54, 1.807) is 26.2 Å². The fourth-order valence-electron chi connectivity index (χ4n) is 1.50. The van der Waals surface area contributed by atoms with Crippen molar-refractivity contribution in [1.29, 1.82) is 0 Å². The number of nitrogens with one attached hydrogen (secondary N) is 2. The van der Waals surface area contributed by atoms with Gasteiger partial charge >= 0.3 is 17.1 Å². The van der Waals surface area contributed by atoms with Crippen molar-refractivity contribution >= 4 is 18.0 Å². The molecule has 11 nitrogen and oxygen atoms in total. The van der Waals surface area contributed by atoms with Gasteiger partial charge in [0.15, 0.2) is 0 Å². The number of carboxylic acids is 1. The number of guanidine groups is 1. The number of nitrogens with zero attached hydrogens (tertiary/aromatic N) is 2. The number of amides is 1. The Labute approximate surface area is 133 Å². The Morgan fingerprint density at radius 1 is 1.35 bits per heavy atom. The second-order valence-corrected chi connectivity index (χ2v) is 5.68. The number of carbonyl (C=O) groups excluding carboxylic acids is 1. The Balaban J connectivity index is 4.18. The van der Waals surface area contributed by atoms with Crippen LogP contribution in [0.1, 0.15) is 40.0 Å². The van der Waals surface area contributed by atoms with Crippen LogP contribution in [0, 0.1) is 4.91 Å². The highest BCUT2D eigenvalue weighted by atomic mass is 16.7. The summed E-state index contributed by atoms with van der Waals surface area (Å²) < 4.78 is 5.00. The molecule has 0 bridgehead atoms. The third-order valence-corrected chi connectivity index (χ3v) is 2.38. The zero-order chi connectivity index (χ0) is 18.0. The van der Waals surface area contributed by atoms with Crippen molar-refractivity contribution in [3.8, 4) is 0 Å². The molecule has 0 radical (unpaired) electrons. The van der Waals surface area contributed by atoms with Gasteiger partial charge in [0.05, 0.1) is 0 Å². The molecule has 0 heterocycles. The largest absolute Gasteiger partial charge is 0.480 e. The van der Waals surface area contributed by atoms with Crippen LogP contribution in [0.3, 0.4) is 0 Å². The van der Waals surface area contributed by atoms with Crippen molar-refractivity contribution in [3.63, 3.8) is 0 Å². The van der Waals surface area contributed by atoms with Crippen molar-refractivity contribution < 1.29 is 29.7 Å². The number of nitrogens with two attached hydrogens (primary N) is 1. The highest BCUT2D eigenvalue weighted by molar-refractivity contribution is 5.80. The third kappa shape index (κ3) is 11.7. The van der Waals surface area contributed by atoms with E-state index in [0.29, 0.717) is 12.8 Å². The number of hydrazine groups is 1. The van der Waals surface area contributed by atoms with Gasteiger partial charge in [-0.2, -0.15) is 0 Å². The molecule has 0 aromatic rings. The topological polar surface area (TPSA) is 166 Å². The number of carboxylic acid groups (broad SMARTS) is 1. The normalized spacial score (nSPS) is 13.1.